The van der Waals surface area contributed by atoms with E-state index in [0.29, 0.717) is 13.0 Å². The summed E-state index contributed by atoms with van der Waals surface area (Å²) in [5.41, 5.74) is 4.99. The molecule has 3 N–H and O–H groups in total. The Morgan fingerprint density at radius 2 is 1.81 bits per heavy atom. The molecule has 36 heavy (non-hydrogen) atoms. The molecule has 1 amide bonds. The number of hydrogen-bond donors (Lipinski definition) is 2. The van der Waals surface area contributed by atoms with E-state index in [1.54, 1.807) is 13.8 Å². The average molecular weight is 538 g/mol. The minimum absolute atomic E-state index is 0.0244. The van der Waals surface area contributed by atoms with Gasteiger partial charge in [0.15, 0.2) is 0 Å². The molecule has 2 heterocycles. The van der Waals surface area contributed by atoms with Crippen molar-refractivity contribution in [3.8, 4) is 17.1 Å². The van der Waals surface area contributed by atoms with Crippen molar-refractivity contribution in [1.29, 1.82) is 0 Å². The van der Waals surface area contributed by atoms with Crippen LogP contribution in [0.1, 0.15) is 37.2 Å². The van der Waals surface area contributed by atoms with Gasteiger partial charge in [-0.05, 0) is 32.9 Å². The van der Waals surface area contributed by atoms with Crippen LogP contribution in [-0.4, -0.2) is 42.7 Å². The van der Waals surface area contributed by atoms with E-state index in [4.69, 9.17) is 5.73 Å². The van der Waals surface area contributed by atoms with Crippen LogP contribution in [0.2, 0.25) is 0 Å². The van der Waals surface area contributed by atoms with Crippen molar-refractivity contribution in [2.75, 3.05) is 0 Å². The Balaban J connectivity index is 2.21. The summed E-state index contributed by atoms with van der Waals surface area (Å²) in [4.78, 5) is 15.7. The van der Waals surface area contributed by atoms with Crippen molar-refractivity contribution in [2.24, 2.45) is 5.73 Å². The Kier molecular flexibility index (Phi) is 7.28. The van der Waals surface area contributed by atoms with Crippen molar-refractivity contribution in [2.45, 2.75) is 50.5 Å². The first-order chi connectivity index (χ1) is 16.5. The highest BCUT2D eigenvalue weighted by Crippen LogP contribution is 2.39. The molecule has 0 radical (unpaired) electrons. The first-order valence-electron chi connectivity index (χ1n) is 10.2. The second-order valence-electron chi connectivity index (χ2n) is 7.99. The minimum atomic E-state index is -4.83. The predicted molar refractivity (Wildman–Crippen MR) is 117 cm³/mol. The monoisotopic (exact) mass is 538 g/mol. The number of primary amides is 1. The molecule has 0 saturated heterocycles. The maximum atomic E-state index is 15.0. The molecule has 0 aliphatic heterocycles. The molecule has 196 valence electrons. The van der Waals surface area contributed by atoms with Gasteiger partial charge in [-0.1, -0.05) is 0 Å². The van der Waals surface area contributed by atoms with Crippen LogP contribution in [-0.2, 0) is 10.0 Å². The van der Waals surface area contributed by atoms with E-state index in [0.717, 1.165) is 24.4 Å². The number of nitrogens with one attached hydrogen (secondary N) is 1. The number of fused-ring (bicyclic) bond motifs is 1. The summed E-state index contributed by atoms with van der Waals surface area (Å²) in [5.74, 6) is -2.69. The Hall–Kier alpha value is -3.33. The van der Waals surface area contributed by atoms with Gasteiger partial charge in [-0.15, -0.1) is 0 Å². The largest absolute Gasteiger partial charge is 0.435 e. The van der Waals surface area contributed by atoms with Crippen molar-refractivity contribution < 1.29 is 44.3 Å². The number of halogens is 6. The number of pyridine rings is 1. The zero-order chi connectivity index (χ0) is 27.2. The lowest BCUT2D eigenvalue weighted by molar-refractivity contribution is -0.147. The maximum Gasteiger partial charge on any atom is 0.404 e. The molecular formula is C21H20F6N4O4S. The molecule has 1 atom stereocenters. The van der Waals surface area contributed by atoms with Gasteiger partial charge >= 0.3 is 12.8 Å². The minimum Gasteiger partial charge on any atom is -0.435 e. The van der Waals surface area contributed by atoms with Gasteiger partial charge in [0.05, 0.1) is 22.5 Å². The highest BCUT2D eigenvalue weighted by atomic mass is 32.2. The third-order valence-electron chi connectivity index (χ3n) is 5.13. The summed E-state index contributed by atoms with van der Waals surface area (Å²) in [5, 5.41) is -0.299. The molecule has 0 aliphatic rings. The maximum absolute atomic E-state index is 15.0. The SMILES string of the molecule is CC(C)n1c(-c2ccc(S(=O)(=O)N[C@@H](C)C(F)(F)F)cn2)c(C(N)=O)c2c(F)cc(OC(F)F)cc21. The van der Waals surface area contributed by atoms with Crippen LogP contribution in [0.5, 0.6) is 5.75 Å². The highest BCUT2D eigenvalue weighted by Gasteiger charge is 2.39. The van der Waals surface area contributed by atoms with Gasteiger partial charge in [0.1, 0.15) is 22.5 Å². The quantitative estimate of drug-likeness (QED) is 0.414. The molecule has 0 aliphatic carbocycles. The number of nitrogens with two attached hydrogens (primary N) is 1. The molecule has 3 rings (SSSR count). The standard InChI is InChI=1S/C21H20F6N4O4S/c1-9(2)31-15-7-11(35-20(23)24)6-13(22)16(15)17(19(28)32)18(31)14-5-4-12(8-29-14)36(33,34)30-10(3)21(25,26)27/h4-10,20,30H,1-3H3,(H2,28,32)/t10-/m0/s1. The number of sulfonamides is 1. The van der Waals surface area contributed by atoms with Crippen molar-refractivity contribution in [3.63, 3.8) is 0 Å². The fraction of sp³-hybridized carbons (Fsp3) is 0.333. The Morgan fingerprint density at radius 1 is 1.17 bits per heavy atom. The van der Waals surface area contributed by atoms with Gasteiger partial charge in [-0.3, -0.25) is 9.78 Å². The van der Waals surface area contributed by atoms with E-state index in [1.807, 2.05) is 0 Å². The fourth-order valence-corrected chi connectivity index (χ4v) is 4.78. The third-order valence-corrected chi connectivity index (χ3v) is 6.66. The van der Waals surface area contributed by atoms with Gasteiger partial charge < -0.3 is 15.0 Å². The summed E-state index contributed by atoms with van der Waals surface area (Å²) in [7, 11) is -4.62. The lowest BCUT2D eigenvalue weighted by Gasteiger charge is -2.18. The summed E-state index contributed by atoms with van der Waals surface area (Å²) >= 11 is 0. The van der Waals surface area contributed by atoms with Crippen molar-refractivity contribution >= 4 is 26.8 Å². The van der Waals surface area contributed by atoms with Gasteiger partial charge in [0.25, 0.3) is 5.91 Å². The zero-order valence-electron chi connectivity index (χ0n) is 18.9. The Labute approximate surface area is 201 Å². The summed E-state index contributed by atoms with van der Waals surface area (Å²) in [6, 6.07) is 0.896. The van der Waals surface area contributed by atoms with Crippen molar-refractivity contribution in [3.05, 3.63) is 41.8 Å². The van der Waals surface area contributed by atoms with E-state index in [-0.39, 0.29) is 27.9 Å². The van der Waals surface area contributed by atoms with Crippen LogP contribution >= 0.6 is 0 Å². The fourth-order valence-electron chi connectivity index (χ4n) is 3.61. The van der Waals surface area contributed by atoms with Crippen LogP contribution in [0.3, 0.4) is 0 Å². The second-order valence-corrected chi connectivity index (χ2v) is 9.71. The molecule has 0 bridgehead atoms. The van der Waals surface area contributed by atoms with Crippen LogP contribution in [0.4, 0.5) is 26.3 Å². The zero-order valence-corrected chi connectivity index (χ0v) is 19.7. The number of hydrogen-bond acceptors (Lipinski definition) is 5. The average Bonchev–Trinajstić information content (AvgIpc) is 3.08. The van der Waals surface area contributed by atoms with E-state index in [2.05, 4.69) is 9.72 Å². The van der Waals surface area contributed by atoms with E-state index >= 15 is 0 Å². The summed E-state index contributed by atoms with van der Waals surface area (Å²) < 4.78 is 111. The lowest BCUT2D eigenvalue weighted by atomic mass is 10.1. The molecule has 3 aromatic rings. The Bertz CT molecular complexity index is 1400. The number of rotatable bonds is 8. The first-order valence-corrected chi connectivity index (χ1v) is 11.7. The van der Waals surface area contributed by atoms with Crippen LogP contribution < -0.4 is 15.2 Å². The molecule has 1 aromatic carbocycles. The topological polar surface area (TPSA) is 116 Å². The van der Waals surface area contributed by atoms with Gasteiger partial charge in [-0.25, -0.2) is 12.8 Å². The smallest absolute Gasteiger partial charge is 0.404 e. The number of amides is 1. The predicted octanol–water partition coefficient (Wildman–Crippen LogP) is 4.35. The molecule has 15 heteroatoms. The first kappa shape index (κ1) is 27.3. The summed E-state index contributed by atoms with van der Waals surface area (Å²) in [6.45, 7) is 0.644. The van der Waals surface area contributed by atoms with Crippen LogP contribution in [0.25, 0.3) is 22.3 Å². The lowest BCUT2D eigenvalue weighted by Crippen LogP contribution is -2.42. The highest BCUT2D eigenvalue weighted by molar-refractivity contribution is 7.89. The van der Waals surface area contributed by atoms with E-state index < -0.39 is 57.3 Å². The van der Waals surface area contributed by atoms with Crippen LogP contribution in [0, 0.1) is 5.82 Å². The van der Waals surface area contributed by atoms with Gasteiger partial charge in [0.2, 0.25) is 10.0 Å². The molecule has 0 unspecified atom stereocenters. The van der Waals surface area contributed by atoms with Gasteiger partial charge in [0, 0.05) is 29.8 Å². The van der Waals surface area contributed by atoms with Gasteiger partial charge in [-0.2, -0.15) is 26.7 Å². The normalized spacial score (nSPS) is 13.5. The second kappa shape index (κ2) is 9.61. The van der Waals surface area contributed by atoms with E-state index in [9.17, 15) is 39.6 Å². The number of aromatic nitrogens is 2. The van der Waals surface area contributed by atoms with Crippen LogP contribution in [0.15, 0.2) is 35.4 Å². The number of nitrogens with zero attached hydrogens (tertiary/aromatic N) is 2. The number of ether oxygens (including phenoxy) is 1. The number of benzene rings is 1. The molecular weight excluding hydrogens is 518 g/mol. The summed E-state index contributed by atoms with van der Waals surface area (Å²) in [6.07, 6.45) is -4.07. The number of carbonyl (C=O) groups is 1. The molecule has 0 saturated carbocycles. The Morgan fingerprint density at radius 3 is 2.28 bits per heavy atom. The molecule has 8 nitrogen and oxygen atoms in total. The molecule has 0 fully saturated rings. The number of alkyl halides is 5. The molecule has 0 spiro atoms. The van der Waals surface area contributed by atoms with Crippen molar-refractivity contribution in [1.82, 2.24) is 14.3 Å². The van der Waals surface area contributed by atoms with E-state index in [1.165, 1.54) is 9.29 Å². The third kappa shape index (κ3) is 5.26. The molecule has 2 aromatic heterocycles. The number of carbonyl (C=O) groups excluding carboxylic acids is 1.